The molecule has 2 N–H and O–H groups in total. The van der Waals surface area contributed by atoms with Gasteiger partial charge in [0.05, 0.1) is 6.21 Å². The highest BCUT2D eigenvalue weighted by Crippen LogP contribution is 2.14. The van der Waals surface area contributed by atoms with Crippen LogP contribution in [-0.4, -0.2) is 18.0 Å². The maximum Gasteiger partial charge on any atom is 0.240 e. The van der Waals surface area contributed by atoms with Crippen LogP contribution in [0.4, 0.5) is 5.69 Å². The van der Waals surface area contributed by atoms with Crippen LogP contribution in [0.3, 0.4) is 0 Å². The van der Waals surface area contributed by atoms with E-state index >= 15 is 0 Å². The van der Waals surface area contributed by atoms with E-state index < -0.39 is 0 Å². The molecular weight excluding hydrogens is 429 g/mol. The van der Waals surface area contributed by atoms with Gasteiger partial charge in [-0.2, -0.15) is 5.10 Å². The second-order valence-corrected chi connectivity index (χ2v) is 6.94. The van der Waals surface area contributed by atoms with Crippen LogP contribution in [0.2, 0.25) is 0 Å². The second kappa shape index (κ2) is 9.31. The Morgan fingerprint density at radius 1 is 1.04 bits per heavy atom. The van der Waals surface area contributed by atoms with E-state index in [2.05, 4.69) is 38.4 Å². The van der Waals surface area contributed by atoms with Crippen LogP contribution in [0.5, 0.6) is 0 Å². The highest BCUT2D eigenvalue weighted by molar-refractivity contribution is 14.1. The number of aryl methyl sites for hydroxylation is 2. The zero-order valence-corrected chi connectivity index (χ0v) is 16.3. The van der Waals surface area contributed by atoms with Crippen molar-refractivity contribution in [3.8, 4) is 0 Å². The van der Waals surface area contributed by atoms with Crippen molar-refractivity contribution in [3.63, 3.8) is 0 Å². The summed E-state index contributed by atoms with van der Waals surface area (Å²) in [6.45, 7) is 4.01. The number of hydrogen-bond donors (Lipinski definition) is 2. The van der Waals surface area contributed by atoms with Crippen molar-refractivity contribution >= 4 is 46.3 Å². The van der Waals surface area contributed by atoms with Gasteiger partial charge in [0.1, 0.15) is 0 Å². The first-order valence-electron chi connectivity index (χ1n) is 7.88. The SMILES string of the molecule is Cc1ccc(NC(=O)CCC(=O)N/N=C/c2cccc(I)c2)cc1C. The molecule has 0 atom stereocenters. The van der Waals surface area contributed by atoms with Crippen molar-refractivity contribution in [1.82, 2.24) is 5.43 Å². The number of carbonyl (C=O) groups excluding carboxylic acids is 2. The topological polar surface area (TPSA) is 70.6 Å². The molecule has 0 bridgehead atoms. The Kier molecular flexibility index (Phi) is 7.12. The summed E-state index contributed by atoms with van der Waals surface area (Å²) in [5.41, 5.74) is 6.36. The van der Waals surface area contributed by atoms with Crippen molar-refractivity contribution in [2.24, 2.45) is 5.10 Å². The molecule has 5 nitrogen and oxygen atoms in total. The molecule has 0 saturated carbocycles. The lowest BCUT2D eigenvalue weighted by Gasteiger charge is -2.07. The molecule has 0 aromatic heterocycles. The van der Waals surface area contributed by atoms with Crippen LogP contribution in [0, 0.1) is 17.4 Å². The van der Waals surface area contributed by atoms with Gasteiger partial charge in [-0.15, -0.1) is 0 Å². The van der Waals surface area contributed by atoms with Crippen molar-refractivity contribution in [2.75, 3.05) is 5.32 Å². The summed E-state index contributed by atoms with van der Waals surface area (Å²) in [4.78, 5) is 23.7. The fourth-order valence-corrected chi connectivity index (χ4v) is 2.66. The summed E-state index contributed by atoms with van der Waals surface area (Å²) in [5, 5.41) is 6.70. The van der Waals surface area contributed by atoms with Crippen molar-refractivity contribution in [1.29, 1.82) is 0 Å². The molecule has 0 fully saturated rings. The molecule has 25 heavy (non-hydrogen) atoms. The number of anilines is 1. The Balaban J connectivity index is 1.75. The van der Waals surface area contributed by atoms with Crippen molar-refractivity contribution < 1.29 is 9.59 Å². The first kappa shape index (κ1) is 19.1. The lowest BCUT2D eigenvalue weighted by atomic mass is 10.1. The Bertz CT molecular complexity index is 803. The third-order valence-electron chi connectivity index (χ3n) is 3.62. The maximum atomic E-state index is 11.9. The molecule has 0 radical (unpaired) electrons. The van der Waals surface area contributed by atoms with E-state index in [-0.39, 0.29) is 24.7 Å². The highest BCUT2D eigenvalue weighted by Gasteiger charge is 2.07. The van der Waals surface area contributed by atoms with E-state index in [4.69, 9.17) is 0 Å². The van der Waals surface area contributed by atoms with E-state index in [1.54, 1.807) is 6.21 Å². The molecule has 6 heteroatoms. The Morgan fingerprint density at radius 2 is 1.80 bits per heavy atom. The molecule has 0 aliphatic rings. The number of nitrogens with zero attached hydrogens (tertiary/aromatic N) is 1. The van der Waals surface area contributed by atoms with Crippen LogP contribution in [0.1, 0.15) is 29.5 Å². The van der Waals surface area contributed by atoms with Gasteiger partial charge in [-0.3, -0.25) is 9.59 Å². The quantitative estimate of drug-likeness (QED) is 0.401. The third kappa shape index (κ3) is 6.66. The number of halogens is 1. The minimum absolute atomic E-state index is 0.0837. The minimum atomic E-state index is -0.294. The minimum Gasteiger partial charge on any atom is -0.326 e. The van der Waals surface area contributed by atoms with Gasteiger partial charge in [-0.1, -0.05) is 18.2 Å². The number of nitrogens with one attached hydrogen (secondary N) is 2. The summed E-state index contributed by atoms with van der Waals surface area (Å²) in [5.74, 6) is -0.489. The lowest BCUT2D eigenvalue weighted by molar-refractivity contribution is -0.124. The molecule has 2 amide bonds. The number of hydrazone groups is 1. The molecule has 2 rings (SSSR count). The average molecular weight is 449 g/mol. The van der Waals surface area contributed by atoms with Crippen LogP contribution >= 0.6 is 22.6 Å². The van der Waals surface area contributed by atoms with Gasteiger partial charge in [0.25, 0.3) is 0 Å². The predicted octanol–water partition coefficient (Wildman–Crippen LogP) is 3.78. The number of rotatable bonds is 6. The zero-order chi connectivity index (χ0) is 18.2. The van der Waals surface area contributed by atoms with Gasteiger partial charge in [0.2, 0.25) is 11.8 Å². The smallest absolute Gasteiger partial charge is 0.240 e. The first-order chi connectivity index (χ1) is 11.9. The molecule has 2 aromatic rings. The summed E-state index contributed by atoms with van der Waals surface area (Å²) in [6.07, 6.45) is 1.77. The highest BCUT2D eigenvalue weighted by atomic mass is 127. The van der Waals surface area contributed by atoms with Crippen LogP contribution in [0.15, 0.2) is 47.6 Å². The Hall–Kier alpha value is -2.22. The van der Waals surface area contributed by atoms with Crippen LogP contribution in [0.25, 0.3) is 0 Å². The molecule has 0 heterocycles. The summed E-state index contributed by atoms with van der Waals surface area (Å²) >= 11 is 2.21. The number of hydrogen-bond acceptors (Lipinski definition) is 3. The van der Waals surface area contributed by atoms with Gasteiger partial charge >= 0.3 is 0 Å². The molecule has 0 aliphatic heterocycles. The molecular formula is C19H20IN3O2. The zero-order valence-electron chi connectivity index (χ0n) is 14.2. The molecule has 0 aliphatic carbocycles. The summed E-state index contributed by atoms with van der Waals surface area (Å²) < 4.78 is 1.09. The number of carbonyl (C=O) groups is 2. The summed E-state index contributed by atoms with van der Waals surface area (Å²) in [7, 11) is 0. The third-order valence-corrected chi connectivity index (χ3v) is 4.29. The fourth-order valence-electron chi connectivity index (χ4n) is 2.09. The maximum absolute atomic E-state index is 11.9. The van der Waals surface area contributed by atoms with Gasteiger partial charge in [-0.25, -0.2) is 5.43 Å². The monoisotopic (exact) mass is 449 g/mol. The summed E-state index contributed by atoms with van der Waals surface area (Å²) in [6, 6.07) is 13.5. The standard InChI is InChI=1S/C19H20IN3O2/c1-13-6-7-17(10-14(13)2)22-18(24)8-9-19(25)23-21-12-15-4-3-5-16(20)11-15/h3-7,10-12H,8-9H2,1-2H3,(H,22,24)(H,23,25)/b21-12+. The average Bonchev–Trinajstić information content (AvgIpc) is 2.56. The van der Waals surface area contributed by atoms with E-state index in [0.717, 1.165) is 20.4 Å². The lowest BCUT2D eigenvalue weighted by Crippen LogP contribution is -2.20. The van der Waals surface area contributed by atoms with Gasteiger partial charge in [0.15, 0.2) is 0 Å². The molecule has 0 unspecified atom stereocenters. The predicted molar refractivity (Wildman–Crippen MR) is 109 cm³/mol. The van der Waals surface area contributed by atoms with Gasteiger partial charge in [0, 0.05) is 22.1 Å². The number of benzene rings is 2. The fraction of sp³-hybridized carbons (Fsp3) is 0.211. The molecule has 0 spiro atoms. The Labute approximate surface area is 161 Å². The Morgan fingerprint density at radius 3 is 2.52 bits per heavy atom. The second-order valence-electron chi connectivity index (χ2n) is 5.70. The van der Waals surface area contributed by atoms with E-state index in [1.165, 1.54) is 5.56 Å². The molecule has 0 saturated heterocycles. The largest absolute Gasteiger partial charge is 0.326 e. The van der Waals surface area contributed by atoms with E-state index in [0.29, 0.717) is 0 Å². The van der Waals surface area contributed by atoms with Crippen LogP contribution < -0.4 is 10.7 Å². The number of amides is 2. The van der Waals surface area contributed by atoms with E-state index in [1.807, 2.05) is 56.3 Å². The first-order valence-corrected chi connectivity index (χ1v) is 8.96. The van der Waals surface area contributed by atoms with Gasteiger partial charge in [-0.05, 0) is 77.4 Å². The normalized spacial score (nSPS) is 10.7. The molecule has 130 valence electrons. The molecule has 2 aromatic carbocycles. The van der Waals surface area contributed by atoms with Gasteiger partial charge < -0.3 is 5.32 Å². The van der Waals surface area contributed by atoms with Crippen LogP contribution in [-0.2, 0) is 9.59 Å². The van der Waals surface area contributed by atoms with E-state index in [9.17, 15) is 9.59 Å². The van der Waals surface area contributed by atoms with Crippen molar-refractivity contribution in [2.45, 2.75) is 26.7 Å². The van der Waals surface area contributed by atoms with Crippen molar-refractivity contribution in [3.05, 3.63) is 62.7 Å².